The van der Waals surface area contributed by atoms with E-state index >= 15 is 0 Å². The van der Waals surface area contributed by atoms with Crippen LogP contribution in [0.15, 0.2) is 29.3 Å². The Balaban J connectivity index is 1.34. The number of guanidine groups is 1. The SMILES string of the molecule is CN=C(NCc1nnc2n1CCCC2)N1CCN(c2ccccc2Cl)CC1. The van der Waals surface area contributed by atoms with Gasteiger partial charge in [0.25, 0.3) is 0 Å². The Morgan fingerprint density at radius 3 is 2.70 bits per heavy atom. The number of hydrogen-bond acceptors (Lipinski definition) is 4. The summed E-state index contributed by atoms with van der Waals surface area (Å²) in [5.74, 6) is 3.03. The van der Waals surface area contributed by atoms with Crippen LogP contribution < -0.4 is 10.2 Å². The summed E-state index contributed by atoms with van der Waals surface area (Å²) >= 11 is 6.34. The van der Waals surface area contributed by atoms with Gasteiger partial charge in [0.2, 0.25) is 0 Å². The van der Waals surface area contributed by atoms with Crippen LogP contribution in [0.25, 0.3) is 0 Å². The van der Waals surface area contributed by atoms with Crippen molar-refractivity contribution >= 4 is 23.2 Å². The fraction of sp³-hybridized carbons (Fsp3) is 0.526. The molecule has 2 aliphatic rings. The van der Waals surface area contributed by atoms with Crippen LogP contribution in [0.5, 0.6) is 0 Å². The van der Waals surface area contributed by atoms with Gasteiger partial charge in [-0.3, -0.25) is 4.99 Å². The van der Waals surface area contributed by atoms with Crippen LogP contribution in [0.4, 0.5) is 5.69 Å². The minimum Gasteiger partial charge on any atom is -0.367 e. The molecule has 1 aromatic heterocycles. The first-order valence-corrected chi connectivity index (χ1v) is 10.00. The number of aryl methyl sites for hydroxylation is 1. The Hall–Kier alpha value is -2.28. The standard InChI is InChI=1S/C19H26ClN7/c1-21-19(22-14-18-24-23-17-8-4-5-9-27(17)18)26-12-10-25(11-13-26)16-7-3-2-6-15(16)20/h2-3,6-7H,4-5,8-14H2,1H3,(H,21,22). The first-order valence-electron chi connectivity index (χ1n) is 9.62. The van der Waals surface area contributed by atoms with Gasteiger partial charge in [-0.05, 0) is 25.0 Å². The van der Waals surface area contributed by atoms with Crippen molar-refractivity contribution in [1.82, 2.24) is 25.0 Å². The second-order valence-electron chi connectivity index (χ2n) is 6.97. The summed E-state index contributed by atoms with van der Waals surface area (Å²) in [7, 11) is 1.84. The lowest BCUT2D eigenvalue weighted by molar-refractivity contribution is 0.371. The third-order valence-electron chi connectivity index (χ3n) is 5.32. The van der Waals surface area contributed by atoms with E-state index in [-0.39, 0.29) is 0 Å². The average Bonchev–Trinajstić information content (AvgIpc) is 3.13. The summed E-state index contributed by atoms with van der Waals surface area (Å²) in [6, 6.07) is 8.03. The Morgan fingerprint density at radius 1 is 1.11 bits per heavy atom. The Kier molecular flexibility index (Phi) is 5.48. The lowest BCUT2D eigenvalue weighted by atomic mass is 10.2. The van der Waals surface area contributed by atoms with Gasteiger partial charge in [-0.25, -0.2) is 0 Å². The van der Waals surface area contributed by atoms with Gasteiger partial charge < -0.3 is 19.7 Å². The maximum Gasteiger partial charge on any atom is 0.194 e. The first kappa shape index (κ1) is 18.1. The highest BCUT2D eigenvalue weighted by Gasteiger charge is 2.22. The quantitative estimate of drug-likeness (QED) is 0.646. The summed E-state index contributed by atoms with van der Waals surface area (Å²) in [6.07, 6.45) is 3.45. The van der Waals surface area contributed by atoms with Gasteiger partial charge in [-0.2, -0.15) is 0 Å². The summed E-state index contributed by atoms with van der Waals surface area (Å²) in [4.78, 5) is 9.09. The highest BCUT2D eigenvalue weighted by atomic mass is 35.5. The zero-order valence-electron chi connectivity index (χ0n) is 15.7. The van der Waals surface area contributed by atoms with Gasteiger partial charge in [-0.15, -0.1) is 10.2 Å². The summed E-state index contributed by atoms with van der Waals surface area (Å²) in [6.45, 7) is 5.33. The molecule has 0 spiro atoms. The molecular weight excluding hydrogens is 362 g/mol. The van der Waals surface area contributed by atoms with Gasteiger partial charge in [0.15, 0.2) is 11.8 Å². The summed E-state index contributed by atoms with van der Waals surface area (Å²) in [5, 5.41) is 13.0. The number of para-hydroxylation sites is 1. The Labute approximate surface area is 165 Å². The highest BCUT2D eigenvalue weighted by Crippen LogP contribution is 2.26. The number of piperazine rings is 1. The molecule has 1 saturated heterocycles. The largest absolute Gasteiger partial charge is 0.367 e. The van der Waals surface area contributed by atoms with Crippen molar-refractivity contribution in [2.75, 3.05) is 38.1 Å². The third-order valence-corrected chi connectivity index (χ3v) is 5.64. The van der Waals surface area contributed by atoms with Gasteiger partial charge in [0.05, 0.1) is 17.3 Å². The van der Waals surface area contributed by atoms with Crippen molar-refractivity contribution in [1.29, 1.82) is 0 Å². The molecule has 0 aliphatic carbocycles. The molecule has 27 heavy (non-hydrogen) atoms. The van der Waals surface area contributed by atoms with Gasteiger partial charge >= 0.3 is 0 Å². The molecule has 0 saturated carbocycles. The molecule has 0 radical (unpaired) electrons. The molecule has 1 fully saturated rings. The predicted molar refractivity (Wildman–Crippen MR) is 108 cm³/mol. The van der Waals surface area contributed by atoms with E-state index in [9.17, 15) is 0 Å². The van der Waals surface area contributed by atoms with Crippen LogP contribution in [0, 0.1) is 0 Å². The maximum absolute atomic E-state index is 6.34. The molecule has 0 amide bonds. The zero-order chi connectivity index (χ0) is 18.6. The number of rotatable bonds is 3. The fourth-order valence-corrected chi connectivity index (χ4v) is 4.11. The molecule has 3 heterocycles. The second-order valence-corrected chi connectivity index (χ2v) is 7.37. The van der Waals surface area contributed by atoms with Crippen LogP contribution in [0.3, 0.4) is 0 Å². The summed E-state index contributed by atoms with van der Waals surface area (Å²) < 4.78 is 2.25. The summed E-state index contributed by atoms with van der Waals surface area (Å²) in [5.41, 5.74) is 1.11. The zero-order valence-corrected chi connectivity index (χ0v) is 16.5. The second kappa shape index (κ2) is 8.17. The smallest absolute Gasteiger partial charge is 0.194 e. The van der Waals surface area contributed by atoms with E-state index in [1.807, 2.05) is 25.2 Å². The molecule has 2 aromatic rings. The molecule has 1 N–H and O–H groups in total. The minimum atomic E-state index is 0.657. The van der Waals surface area contributed by atoms with Crippen LogP contribution in [0.1, 0.15) is 24.5 Å². The number of nitrogens with one attached hydrogen (secondary N) is 1. The number of hydrogen-bond donors (Lipinski definition) is 1. The molecule has 2 aliphatic heterocycles. The van der Waals surface area contributed by atoms with Crippen LogP contribution in [-0.2, 0) is 19.5 Å². The van der Waals surface area contributed by atoms with E-state index < -0.39 is 0 Å². The monoisotopic (exact) mass is 387 g/mol. The molecule has 1 aromatic carbocycles. The van der Waals surface area contributed by atoms with Gasteiger partial charge in [-0.1, -0.05) is 23.7 Å². The lowest BCUT2D eigenvalue weighted by Gasteiger charge is -2.38. The Morgan fingerprint density at radius 2 is 1.93 bits per heavy atom. The van der Waals surface area contributed by atoms with E-state index in [0.717, 1.165) is 67.5 Å². The number of halogens is 1. The molecule has 0 atom stereocenters. The number of benzene rings is 1. The van der Waals surface area contributed by atoms with Crippen molar-refractivity contribution in [2.45, 2.75) is 32.4 Å². The van der Waals surface area contributed by atoms with E-state index in [1.165, 1.54) is 12.8 Å². The molecule has 0 unspecified atom stereocenters. The van der Waals surface area contributed by atoms with Crippen LogP contribution in [-0.4, -0.2) is 58.9 Å². The number of nitrogens with zero attached hydrogens (tertiary/aromatic N) is 6. The van der Waals surface area contributed by atoms with Gasteiger partial charge in [0, 0.05) is 46.2 Å². The Bertz CT molecular complexity index is 808. The highest BCUT2D eigenvalue weighted by molar-refractivity contribution is 6.33. The number of anilines is 1. The normalized spacial score (nSPS) is 17.8. The molecule has 7 nitrogen and oxygen atoms in total. The molecule has 0 bridgehead atoms. The van der Waals surface area contributed by atoms with E-state index in [2.05, 4.69) is 40.9 Å². The average molecular weight is 388 g/mol. The molecular formula is C19H26ClN7. The number of fused-ring (bicyclic) bond motifs is 1. The topological polar surface area (TPSA) is 61.6 Å². The predicted octanol–water partition coefficient (Wildman–Crippen LogP) is 2.17. The van der Waals surface area contributed by atoms with Crippen molar-refractivity contribution in [3.63, 3.8) is 0 Å². The van der Waals surface area contributed by atoms with Crippen molar-refractivity contribution in [3.05, 3.63) is 40.9 Å². The lowest BCUT2D eigenvalue weighted by Crippen LogP contribution is -2.52. The third kappa shape index (κ3) is 3.88. The molecule has 8 heteroatoms. The minimum absolute atomic E-state index is 0.657. The van der Waals surface area contributed by atoms with E-state index in [0.29, 0.717) is 6.54 Å². The first-order chi connectivity index (χ1) is 13.3. The maximum atomic E-state index is 6.34. The molecule has 4 rings (SSSR count). The molecule has 144 valence electrons. The fourth-order valence-electron chi connectivity index (χ4n) is 3.86. The van der Waals surface area contributed by atoms with Crippen LogP contribution in [0.2, 0.25) is 5.02 Å². The number of aromatic nitrogens is 3. The van der Waals surface area contributed by atoms with Crippen molar-refractivity contribution in [2.24, 2.45) is 4.99 Å². The van der Waals surface area contributed by atoms with Crippen molar-refractivity contribution < 1.29 is 0 Å². The van der Waals surface area contributed by atoms with E-state index in [1.54, 1.807) is 0 Å². The van der Waals surface area contributed by atoms with E-state index in [4.69, 9.17) is 11.6 Å². The van der Waals surface area contributed by atoms with Crippen molar-refractivity contribution in [3.8, 4) is 0 Å². The van der Waals surface area contributed by atoms with Gasteiger partial charge in [0.1, 0.15) is 5.82 Å². The van der Waals surface area contributed by atoms with Crippen LogP contribution >= 0.6 is 11.6 Å². The number of aliphatic imine (C=N–C) groups is 1.